The van der Waals surface area contributed by atoms with Gasteiger partial charge in [-0.15, -0.1) is 0 Å². The first-order valence-electron chi connectivity index (χ1n) is 11.1. The molecule has 11 heteroatoms. The van der Waals surface area contributed by atoms with E-state index in [2.05, 4.69) is 22.2 Å². The number of likely N-dealkylation sites (N-methyl/N-ethyl adjacent to an activating group) is 2. The fourth-order valence-electron chi connectivity index (χ4n) is 3.33. The number of benzene rings is 2. The zero-order chi connectivity index (χ0) is 26.0. The van der Waals surface area contributed by atoms with Gasteiger partial charge < -0.3 is 20.0 Å². The molecule has 0 aromatic heterocycles. The smallest absolute Gasteiger partial charge is 0.256 e. The summed E-state index contributed by atoms with van der Waals surface area (Å²) in [6, 6.07) is 9.89. The van der Waals surface area contributed by atoms with Crippen molar-refractivity contribution in [1.82, 2.24) is 20.0 Å². The topological polar surface area (TPSA) is 55.9 Å². The van der Waals surface area contributed by atoms with Gasteiger partial charge in [-0.05, 0) is 50.0 Å². The van der Waals surface area contributed by atoms with Gasteiger partial charge in [0.05, 0.1) is 31.2 Å². The van der Waals surface area contributed by atoms with Crippen LogP contribution in [0, 0.1) is 0 Å². The van der Waals surface area contributed by atoms with Crippen LogP contribution in [-0.4, -0.2) is 92.3 Å². The summed E-state index contributed by atoms with van der Waals surface area (Å²) in [7, 11) is 4.20. The molecule has 2 saturated heterocycles. The molecule has 1 amide bonds. The van der Waals surface area contributed by atoms with E-state index in [0.717, 1.165) is 39.3 Å². The molecule has 0 atom stereocenters. The molecular formula is C40H93Cl5N4O2. The standard InChI is InChI=1S/C12H14Cl2N2O.C7H3Cl3O.C5H12N2.16CH4/c1-15-5-7-16(8-6-15)12(17)11-9(13)3-2-4-10(11)14;8-4-2-1-3-5(9)6(4)7(10)11;1-7-4-2-6-3-5-7;;;;;;;;;;;;;;;;/h2-4H,5-8H2,1H3;1-3H;6H,2-5H2,1H3;16*1H4. The number of carbonyl (C=O) groups is 2. The Labute approximate surface area is 349 Å². The van der Waals surface area contributed by atoms with E-state index in [-0.39, 0.29) is 140 Å². The third kappa shape index (κ3) is 33.2. The number of hydrogen-bond donors (Lipinski definition) is 1. The zero-order valence-corrected chi connectivity index (χ0v) is 23.4. The van der Waals surface area contributed by atoms with E-state index in [9.17, 15) is 9.59 Å². The summed E-state index contributed by atoms with van der Waals surface area (Å²) in [6.07, 6.45) is 0. The Morgan fingerprint density at radius 3 is 1.00 bits per heavy atom. The first-order chi connectivity index (χ1) is 16.6. The van der Waals surface area contributed by atoms with Crippen molar-refractivity contribution in [3.8, 4) is 0 Å². The number of nitrogens with zero attached hydrogens (tertiary/aromatic N) is 3. The fraction of sp³-hybridized carbons (Fsp3) is 0.650. The summed E-state index contributed by atoms with van der Waals surface area (Å²) in [4.78, 5) is 29.3. The predicted octanol–water partition coefficient (Wildman–Crippen LogP) is 15.5. The molecule has 2 heterocycles. The second-order valence-corrected chi connectivity index (χ2v) is 10.1. The maximum absolute atomic E-state index is 12.3. The minimum atomic E-state index is -0.638. The average molecular weight is 839 g/mol. The van der Waals surface area contributed by atoms with E-state index >= 15 is 0 Å². The lowest BCUT2D eigenvalue weighted by atomic mass is 10.2. The van der Waals surface area contributed by atoms with E-state index in [1.165, 1.54) is 13.1 Å². The number of halogens is 5. The lowest BCUT2D eigenvalue weighted by Gasteiger charge is -2.32. The van der Waals surface area contributed by atoms with Crippen LogP contribution in [0.2, 0.25) is 20.1 Å². The van der Waals surface area contributed by atoms with Crippen LogP contribution < -0.4 is 5.32 Å². The van der Waals surface area contributed by atoms with E-state index < -0.39 is 5.24 Å². The van der Waals surface area contributed by atoms with Crippen LogP contribution in [-0.2, 0) is 0 Å². The Morgan fingerprint density at radius 2 is 0.765 bits per heavy atom. The number of nitrogens with one attached hydrogen (secondary N) is 1. The summed E-state index contributed by atoms with van der Waals surface area (Å²) < 4.78 is 0. The number of amides is 1. The summed E-state index contributed by atoms with van der Waals surface area (Å²) in [5.41, 5.74) is 0.581. The van der Waals surface area contributed by atoms with Crippen LogP contribution in [0.1, 0.15) is 140 Å². The maximum Gasteiger partial charge on any atom is 0.256 e. The van der Waals surface area contributed by atoms with Gasteiger partial charge in [-0.3, -0.25) is 9.59 Å². The number of hydrogen-bond acceptors (Lipinski definition) is 5. The molecule has 1 N–H and O–H groups in total. The molecule has 0 bridgehead atoms. The maximum atomic E-state index is 12.3. The normalized spacial score (nSPS) is 11.3. The van der Waals surface area contributed by atoms with Crippen LogP contribution in [0.15, 0.2) is 36.4 Å². The lowest BCUT2D eigenvalue weighted by molar-refractivity contribution is 0.0664. The minimum Gasteiger partial charge on any atom is -0.336 e. The van der Waals surface area contributed by atoms with E-state index in [0.29, 0.717) is 15.6 Å². The van der Waals surface area contributed by atoms with E-state index in [4.69, 9.17) is 58.0 Å². The summed E-state index contributed by atoms with van der Waals surface area (Å²) in [6.45, 7) is 7.95. The van der Waals surface area contributed by atoms with Gasteiger partial charge in [0.15, 0.2) is 0 Å². The Morgan fingerprint density at radius 1 is 0.490 bits per heavy atom. The first-order valence-corrected chi connectivity index (χ1v) is 13.0. The van der Waals surface area contributed by atoms with Crippen molar-refractivity contribution in [2.45, 2.75) is 119 Å². The summed E-state index contributed by atoms with van der Waals surface area (Å²) in [5.74, 6) is -0.0753. The van der Waals surface area contributed by atoms with Crippen molar-refractivity contribution in [3.05, 3.63) is 67.6 Å². The predicted molar refractivity (Wildman–Crippen MR) is 255 cm³/mol. The monoisotopic (exact) mass is 837 g/mol. The van der Waals surface area contributed by atoms with Gasteiger partial charge in [0.2, 0.25) is 0 Å². The van der Waals surface area contributed by atoms with Crippen molar-refractivity contribution in [3.63, 3.8) is 0 Å². The number of rotatable bonds is 2. The van der Waals surface area contributed by atoms with Gasteiger partial charge in [-0.2, -0.15) is 0 Å². The quantitative estimate of drug-likeness (QED) is 0.305. The second-order valence-electron chi connectivity index (χ2n) is 8.12. The van der Waals surface area contributed by atoms with Gasteiger partial charge in [-0.25, -0.2) is 0 Å². The largest absolute Gasteiger partial charge is 0.336 e. The highest BCUT2D eigenvalue weighted by Gasteiger charge is 2.23. The molecule has 2 aromatic carbocycles. The number of piperazine rings is 2. The Kier molecular flexibility index (Phi) is 98.0. The van der Waals surface area contributed by atoms with Gasteiger partial charge in [0, 0.05) is 52.4 Å². The van der Waals surface area contributed by atoms with Gasteiger partial charge >= 0.3 is 0 Å². The molecule has 2 aromatic rings. The lowest BCUT2D eigenvalue weighted by Crippen LogP contribution is -2.47. The molecule has 0 spiro atoms. The van der Waals surface area contributed by atoms with Crippen LogP contribution in [0.5, 0.6) is 0 Å². The van der Waals surface area contributed by atoms with Crippen LogP contribution in [0.3, 0.4) is 0 Å². The van der Waals surface area contributed by atoms with Gasteiger partial charge in [0.25, 0.3) is 11.1 Å². The fourth-order valence-corrected chi connectivity index (χ4v) is 4.76. The Balaban J connectivity index is -0.0000000267. The summed E-state index contributed by atoms with van der Waals surface area (Å²) >= 11 is 28.5. The van der Waals surface area contributed by atoms with Crippen molar-refractivity contribution < 1.29 is 9.59 Å². The summed E-state index contributed by atoms with van der Waals surface area (Å²) in [5, 5.41) is 4.02. The minimum absolute atomic E-state index is 0. The van der Waals surface area contributed by atoms with Crippen molar-refractivity contribution in [2.24, 2.45) is 0 Å². The molecule has 51 heavy (non-hydrogen) atoms. The van der Waals surface area contributed by atoms with Gasteiger partial charge in [0.1, 0.15) is 0 Å². The zero-order valence-electron chi connectivity index (χ0n) is 19.7. The Bertz CT molecular complexity index is 960. The van der Waals surface area contributed by atoms with Crippen molar-refractivity contribution >= 4 is 69.2 Å². The molecule has 2 aliphatic rings. The van der Waals surface area contributed by atoms with E-state index in [1.807, 2.05) is 7.05 Å². The van der Waals surface area contributed by atoms with E-state index in [1.54, 1.807) is 41.3 Å². The Hall–Kier alpha value is -1.09. The van der Waals surface area contributed by atoms with Crippen LogP contribution in [0.25, 0.3) is 0 Å². The van der Waals surface area contributed by atoms with Crippen molar-refractivity contribution in [2.75, 3.05) is 66.5 Å². The SMILES string of the molecule is C.C.C.C.C.C.C.C.C.C.C.C.C.C.C.C.CN1CCN(C(=O)c2c(Cl)cccc2Cl)CC1.CN1CCNCC1.O=C(Cl)c1c(Cl)cccc1Cl. The molecule has 0 aliphatic carbocycles. The molecule has 0 unspecified atom stereocenters. The number of carbonyl (C=O) groups excluding carboxylic acids is 2. The first kappa shape index (κ1) is 98.0. The highest BCUT2D eigenvalue weighted by Crippen LogP contribution is 2.26. The third-order valence-corrected chi connectivity index (χ3v) is 6.92. The van der Waals surface area contributed by atoms with Crippen LogP contribution in [0.4, 0.5) is 0 Å². The molecule has 6 nitrogen and oxygen atoms in total. The highest BCUT2D eigenvalue weighted by molar-refractivity contribution is 6.69. The average Bonchev–Trinajstić information content (AvgIpc) is 2.80. The van der Waals surface area contributed by atoms with Crippen LogP contribution >= 0.6 is 58.0 Å². The molecule has 320 valence electrons. The molecule has 0 saturated carbocycles. The molecule has 2 aliphatic heterocycles. The molecule has 2 fully saturated rings. The molecule has 4 rings (SSSR count). The molecular weight excluding hydrogens is 746 g/mol. The second kappa shape index (κ2) is 51.0. The molecule has 0 radical (unpaired) electrons. The van der Waals surface area contributed by atoms with Gasteiger partial charge in [-0.1, -0.05) is 177 Å². The van der Waals surface area contributed by atoms with Crippen molar-refractivity contribution in [1.29, 1.82) is 0 Å². The third-order valence-electron chi connectivity index (χ3n) is 5.47. The highest BCUT2D eigenvalue weighted by atomic mass is 35.5.